The molecular formula is C23H38IN7O2. The highest BCUT2D eigenvalue weighted by Crippen LogP contribution is 2.30. The molecule has 0 spiro atoms. The highest BCUT2D eigenvalue weighted by Gasteiger charge is 2.21. The SMILES string of the molecule is CCCCNC(=NCc1nnc(C)n1C)NC1CCN(c2cc(OC)cc(OC)c2)CC1.I. The topological polar surface area (TPSA) is 88.8 Å². The summed E-state index contributed by atoms with van der Waals surface area (Å²) in [6.45, 7) is 7.46. The van der Waals surface area contributed by atoms with E-state index in [4.69, 9.17) is 14.5 Å². The van der Waals surface area contributed by atoms with E-state index in [2.05, 4.69) is 44.8 Å². The monoisotopic (exact) mass is 571 g/mol. The van der Waals surface area contributed by atoms with Gasteiger partial charge in [0.05, 0.1) is 14.2 Å². The minimum atomic E-state index is 0. The third kappa shape index (κ3) is 7.65. The van der Waals surface area contributed by atoms with Crippen molar-refractivity contribution >= 4 is 35.6 Å². The van der Waals surface area contributed by atoms with E-state index in [0.717, 1.165) is 80.1 Å². The van der Waals surface area contributed by atoms with Crippen molar-refractivity contribution in [3.05, 3.63) is 29.8 Å². The first kappa shape index (κ1) is 27.0. The molecule has 0 radical (unpaired) electrons. The Hall–Kier alpha value is -2.24. The van der Waals surface area contributed by atoms with Crippen molar-refractivity contribution in [2.45, 2.75) is 52.1 Å². The molecule has 33 heavy (non-hydrogen) atoms. The number of halogens is 1. The number of anilines is 1. The lowest BCUT2D eigenvalue weighted by Gasteiger charge is -2.35. The van der Waals surface area contributed by atoms with E-state index in [1.54, 1.807) is 14.2 Å². The number of rotatable bonds is 9. The Balaban J connectivity index is 0.00000385. The summed E-state index contributed by atoms with van der Waals surface area (Å²) in [5.74, 6) is 4.23. The number of unbranched alkanes of at least 4 members (excludes halogenated alkanes) is 1. The van der Waals surface area contributed by atoms with Gasteiger partial charge in [0.15, 0.2) is 11.8 Å². The minimum Gasteiger partial charge on any atom is -0.497 e. The summed E-state index contributed by atoms with van der Waals surface area (Å²) in [4.78, 5) is 7.16. The molecule has 1 aliphatic heterocycles. The summed E-state index contributed by atoms with van der Waals surface area (Å²) in [5.41, 5.74) is 1.13. The van der Waals surface area contributed by atoms with E-state index < -0.39 is 0 Å². The Morgan fingerprint density at radius 2 is 1.79 bits per heavy atom. The lowest BCUT2D eigenvalue weighted by Crippen LogP contribution is -2.49. The van der Waals surface area contributed by atoms with Gasteiger partial charge in [0.25, 0.3) is 0 Å². The fourth-order valence-electron chi connectivity index (χ4n) is 3.72. The lowest BCUT2D eigenvalue weighted by atomic mass is 10.0. The van der Waals surface area contributed by atoms with Gasteiger partial charge >= 0.3 is 0 Å². The zero-order valence-corrected chi connectivity index (χ0v) is 22.8. The van der Waals surface area contributed by atoms with Crippen LogP contribution in [-0.4, -0.2) is 60.6 Å². The number of aliphatic imine (C=N–C) groups is 1. The normalized spacial score (nSPS) is 14.6. The number of guanidine groups is 1. The molecule has 2 heterocycles. The number of methoxy groups -OCH3 is 2. The van der Waals surface area contributed by atoms with Crippen molar-refractivity contribution in [2.75, 3.05) is 38.8 Å². The van der Waals surface area contributed by atoms with Crippen molar-refractivity contribution < 1.29 is 9.47 Å². The van der Waals surface area contributed by atoms with Gasteiger partial charge in [-0.05, 0) is 26.2 Å². The molecule has 2 N–H and O–H groups in total. The quantitative estimate of drug-likeness (QED) is 0.207. The maximum atomic E-state index is 5.43. The molecule has 2 aromatic rings. The van der Waals surface area contributed by atoms with Gasteiger partial charge in [-0.2, -0.15) is 0 Å². The molecular weight excluding hydrogens is 533 g/mol. The van der Waals surface area contributed by atoms with Crippen LogP contribution >= 0.6 is 24.0 Å². The van der Waals surface area contributed by atoms with Crippen molar-refractivity contribution in [3.8, 4) is 11.5 Å². The van der Waals surface area contributed by atoms with Gasteiger partial charge < -0.3 is 29.6 Å². The second-order valence-electron chi connectivity index (χ2n) is 8.14. The minimum absolute atomic E-state index is 0. The van der Waals surface area contributed by atoms with E-state index >= 15 is 0 Å². The Bertz CT molecular complexity index is 873. The van der Waals surface area contributed by atoms with Crippen LogP contribution in [0.2, 0.25) is 0 Å². The standard InChI is InChI=1S/C23H37N7O2.HI/c1-6-7-10-24-23(25-16-22-28-27-17(2)29(22)3)26-18-8-11-30(12-9-18)19-13-20(31-4)15-21(14-19)32-5;/h13-15,18H,6-12,16H2,1-5H3,(H2,24,25,26);1H. The van der Waals surface area contributed by atoms with Gasteiger partial charge in [0.1, 0.15) is 23.9 Å². The molecule has 10 heteroatoms. The molecule has 1 saturated heterocycles. The molecule has 0 unspecified atom stereocenters. The largest absolute Gasteiger partial charge is 0.497 e. The van der Waals surface area contributed by atoms with E-state index in [0.29, 0.717) is 12.6 Å². The van der Waals surface area contributed by atoms with Gasteiger partial charge in [0.2, 0.25) is 0 Å². The first-order chi connectivity index (χ1) is 15.5. The maximum Gasteiger partial charge on any atom is 0.191 e. The van der Waals surface area contributed by atoms with Crippen LogP contribution in [0, 0.1) is 6.92 Å². The summed E-state index contributed by atoms with van der Waals surface area (Å²) in [7, 11) is 5.34. The molecule has 9 nitrogen and oxygen atoms in total. The molecule has 1 aromatic heterocycles. The van der Waals surface area contributed by atoms with Crippen LogP contribution in [0.3, 0.4) is 0 Å². The molecule has 0 aliphatic carbocycles. The molecule has 0 atom stereocenters. The average molecular weight is 572 g/mol. The zero-order valence-electron chi connectivity index (χ0n) is 20.4. The first-order valence-corrected chi connectivity index (χ1v) is 11.4. The van der Waals surface area contributed by atoms with Crippen LogP contribution in [0.4, 0.5) is 5.69 Å². The number of ether oxygens (including phenoxy) is 2. The molecule has 184 valence electrons. The molecule has 0 amide bonds. The smallest absolute Gasteiger partial charge is 0.191 e. The number of nitrogens with one attached hydrogen (secondary N) is 2. The fraction of sp³-hybridized carbons (Fsp3) is 0.609. The summed E-state index contributed by atoms with van der Waals surface area (Å²) < 4.78 is 12.8. The van der Waals surface area contributed by atoms with Gasteiger partial charge in [-0.1, -0.05) is 13.3 Å². The summed E-state index contributed by atoms with van der Waals surface area (Å²) in [6.07, 6.45) is 4.30. The van der Waals surface area contributed by atoms with Gasteiger partial charge in [-0.25, -0.2) is 4.99 Å². The number of hydrogen-bond acceptors (Lipinski definition) is 6. The number of aryl methyl sites for hydroxylation is 1. The lowest BCUT2D eigenvalue weighted by molar-refractivity contribution is 0.393. The molecule has 0 bridgehead atoms. The van der Waals surface area contributed by atoms with Gasteiger partial charge in [-0.3, -0.25) is 0 Å². The van der Waals surface area contributed by atoms with E-state index in [1.165, 1.54) is 0 Å². The van der Waals surface area contributed by atoms with E-state index in [9.17, 15) is 0 Å². The van der Waals surface area contributed by atoms with Crippen LogP contribution in [0.25, 0.3) is 0 Å². The third-order valence-corrected chi connectivity index (χ3v) is 5.92. The van der Waals surface area contributed by atoms with Crippen molar-refractivity contribution in [2.24, 2.45) is 12.0 Å². The van der Waals surface area contributed by atoms with Crippen molar-refractivity contribution in [1.82, 2.24) is 25.4 Å². The molecule has 3 rings (SSSR count). The molecule has 1 aromatic carbocycles. The van der Waals surface area contributed by atoms with Crippen LogP contribution in [0.1, 0.15) is 44.3 Å². The van der Waals surface area contributed by atoms with Crippen LogP contribution in [0.15, 0.2) is 23.2 Å². The van der Waals surface area contributed by atoms with E-state index in [1.807, 2.05) is 24.6 Å². The zero-order chi connectivity index (χ0) is 22.9. The maximum absolute atomic E-state index is 5.43. The molecule has 0 saturated carbocycles. The number of nitrogens with zero attached hydrogens (tertiary/aromatic N) is 5. The molecule has 1 fully saturated rings. The second kappa shape index (κ2) is 13.5. The number of piperidine rings is 1. The Morgan fingerprint density at radius 3 is 2.33 bits per heavy atom. The van der Waals surface area contributed by atoms with Gasteiger partial charge in [-0.15, -0.1) is 34.2 Å². The first-order valence-electron chi connectivity index (χ1n) is 11.4. The summed E-state index contributed by atoms with van der Waals surface area (Å²) >= 11 is 0. The molecule has 1 aliphatic rings. The Labute approximate surface area is 214 Å². The Morgan fingerprint density at radius 1 is 1.12 bits per heavy atom. The predicted molar refractivity (Wildman–Crippen MR) is 143 cm³/mol. The van der Waals surface area contributed by atoms with Crippen LogP contribution in [-0.2, 0) is 13.6 Å². The highest BCUT2D eigenvalue weighted by molar-refractivity contribution is 14.0. The fourth-order valence-corrected chi connectivity index (χ4v) is 3.72. The van der Waals surface area contributed by atoms with E-state index in [-0.39, 0.29) is 24.0 Å². The number of hydrogen-bond donors (Lipinski definition) is 2. The van der Waals surface area contributed by atoms with Crippen molar-refractivity contribution in [1.29, 1.82) is 0 Å². The highest BCUT2D eigenvalue weighted by atomic mass is 127. The number of benzene rings is 1. The van der Waals surface area contributed by atoms with Crippen molar-refractivity contribution in [3.63, 3.8) is 0 Å². The number of aromatic nitrogens is 3. The summed E-state index contributed by atoms with van der Waals surface area (Å²) in [6, 6.07) is 6.41. The average Bonchev–Trinajstić information content (AvgIpc) is 3.14. The predicted octanol–water partition coefficient (Wildman–Crippen LogP) is 3.26. The second-order valence-corrected chi connectivity index (χ2v) is 8.14. The third-order valence-electron chi connectivity index (χ3n) is 5.92. The Kier molecular flexibility index (Phi) is 11.0. The summed E-state index contributed by atoms with van der Waals surface area (Å²) in [5, 5.41) is 15.5. The van der Waals surface area contributed by atoms with Gasteiger partial charge in [0, 0.05) is 56.6 Å². The van der Waals surface area contributed by atoms with Crippen LogP contribution in [0.5, 0.6) is 11.5 Å². The van der Waals surface area contributed by atoms with Crippen LogP contribution < -0.4 is 25.0 Å².